The van der Waals surface area contributed by atoms with Crippen LogP contribution in [0.15, 0.2) is 42.7 Å². The predicted octanol–water partition coefficient (Wildman–Crippen LogP) is 3.23. The molecule has 0 aliphatic carbocycles. The first kappa shape index (κ1) is 16.0. The Bertz CT molecular complexity index is 689. The molecule has 2 rings (SSSR count). The second-order valence-corrected chi connectivity index (χ2v) is 5.17. The van der Waals surface area contributed by atoms with Crippen LogP contribution in [0.4, 0.5) is 5.69 Å². The minimum Gasteiger partial charge on any atom is -0.449 e. The molecule has 1 aromatic carbocycles. The summed E-state index contributed by atoms with van der Waals surface area (Å²) in [4.78, 5) is 27.8. The fourth-order valence-electron chi connectivity index (χ4n) is 1.73. The van der Waals surface area contributed by atoms with Crippen molar-refractivity contribution in [2.24, 2.45) is 0 Å². The van der Waals surface area contributed by atoms with Gasteiger partial charge in [-0.25, -0.2) is 4.79 Å². The standard InChI is InChI=1S/C16H15ClN2O3/c1-10-5-6-13(17)8-14(10)19-15(20)11(2)22-16(21)12-4-3-7-18-9-12/h3-9,11H,1-2H3,(H,19,20). The molecule has 0 fully saturated rings. The van der Waals surface area contributed by atoms with Crippen LogP contribution in [-0.4, -0.2) is 23.0 Å². The molecular formula is C16H15ClN2O3. The van der Waals surface area contributed by atoms with Crippen LogP contribution in [0.2, 0.25) is 5.02 Å². The monoisotopic (exact) mass is 318 g/mol. The van der Waals surface area contributed by atoms with Gasteiger partial charge in [-0.05, 0) is 43.7 Å². The third-order valence-corrected chi connectivity index (χ3v) is 3.24. The number of nitrogens with zero attached hydrogens (tertiary/aromatic N) is 1. The average Bonchev–Trinajstić information content (AvgIpc) is 2.51. The van der Waals surface area contributed by atoms with Gasteiger partial charge in [0.1, 0.15) is 0 Å². The number of hydrogen-bond donors (Lipinski definition) is 1. The fourth-order valence-corrected chi connectivity index (χ4v) is 1.90. The highest BCUT2D eigenvalue weighted by Crippen LogP contribution is 2.20. The normalized spacial score (nSPS) is 11.6. The summed E-state index contributed by atoms with van der Waals surface area (Å²) in [5.74, 6) is -1.03. The maximum atomic E-state index is 12.1. The van der Waals surface area contributed by atoms with Crippen LogP contribution in [0.25, 0.3) is 0 Å². The van der Waals surface area contributed by atoms with Gasteiger partial charge in [0.25, 0.3) is 5.91 Å². The van der Waals surface area contributed by atoms with E-state index in [0.717, 1.165) is 5.56 Å². The number of halogens is 1. The molecule has 1 unspecified atom stereocenters. The lowest BCUT2D eigenvalue weighted by molar-refractivity contribution is -0.123. The van der Waals surface area contributed by atoms with E-state index in [1.807, 2.05) is 6.92 Å². The number of amides is 1. The maximum absolute atomic E-state index is 12.1. The molecule has 1 N–H and O–H groups in total. The van der Waals surface area contributed by atoms with Gasteiger partial charge >= 0.3 is 5.97 Å². The third-order valence-electron chi connectivity index (χ3n) is 3.01. The Hall–Kier alpha value is -2.40. The van der Waals surface area contributed by atoms with Crippen molar-refractivity contribution in [3.8, 4) is 0 Å². The number of ether oxygens (including phenoxy) is 1. The van der Waals surface area contributed by atoms with Gasteiger partial charge in [0.2, 0.25) is 0 Å². The average molecular weight is 319 g/mol. The van der Waals surface area contributed by atoms with E-state index in [4.69, 9.17) is 16.3 Å². The van der Waals surface area contributed by atoms with E-state index in [1.54, 1.807) is 36.5 Å². The van der Waals surface area contributed by atoms with Crippen LogP contribution in [0.5, 0.6) is 0 Å². The topological polar surface area (TPSA) is 68.3 Å². The molecule has 5 nitrogen and oxygen atoms in total. The first-order chi connectivity index (χ1) is 10.5. The third kappa shape index (κ3) is 4.05. The van der Waals surface area contributed by atoms with Crippen molar-refractivity contribution in [1.82, 2.24) is 4.98 Å². The van der Waals surface area contributed by atoms with Gasteiger partial charge in [0.15, 0.2) is 6.10 Å². The van der Waals surface area contributed by atoms with Crippen molar-refractivity contribution in [1.29, 1.82) is 0 Å². The summed E-state index contributed by atoms with van der Waals surface area (Å²) in [6.45, 7) is 3.35. The van der Waals surface area contributed by atoms with Crippen LogP contribution in [0.1, 0.15) is 22.8 Å². The molecule has 0 aliphatic heterocycles. The van der Waals surface area contributed by atoms with Crippen molar-refractivity contribution in [2.75, 3.05) is 5.32 Å². The lowest BCUT2D eigenvalue weighted by atomic mass is 10.2. The second-order valence-electron chi connectivity index (χ2n) is 4.74. The van der Waals surface area contributed by atoms with Crippen molar-refractivity contribution in [3.05, 3.63) is 58.9 Å². The Morgan fingerprint density at radius 2 is 2.09 bits per heavy atom. The van der Waals surface area contributed by atoms with Crippen molar-refractivity contribution < 1.29 is 14.3 Å². The zero-order chi connectivity index (χ0) is 16.1. The second kappa shape index (κ2) is 7.04. The quantitative estimate of drug-likeness (QED) is 0.879. The fraction of sp³-hybridized carbons (Fsp3) is 0.188. The molecule has 0 spiro atoms. The number of anilines is 1. The Morgan fingerprint density at radius 1 is 1.32 bits per heavy atom. The highest BCUT2D eigenvalue weighted by Gasteiger charge is 2.19. The molecule has 0 bridgehead atoms. The summed E-state index contributed by atoms with van der Waals surface area (Å²) < 4.78 is 5.12. The Labute approximate surface area is 133 Å². The molecule has 114 valence electrons. The van der Waals surface area contributed by atoms with E-state index in [1.165, 1.54) is 13.1 Å². The van der Waals surface area contributed by atoms with Crippen molar-refractivity contribution in [3.63, 3.8) is 0 Å². The summed E-state index contributed by atoms with van der Waals surface area (Å²) in [7, 11) is 0. The number of aryl methyl sites for hydroxylation is 1. The molecule has 22 heavy (non-hydrogen) atoms. The molecular weight excluding hydrogens is 304 g/mol. The van der Waals surface area contributed by atoms with Gasteiger partial charge < -0.3 is 10.1 Å². The molecule has 1 atom stereocenters. The zero-order valence-corrected chi connectivity index (χ0v) is 12.9. The Kier molecular flexibility index (Phi) is 5.12. The van der Waals surface area contributed by atoms with Crippen molar-refractivity contribution >= 4 is 29.2 Å². The molecule has 0 saturated heterocycles. The Morgan fingerprint density at radius 3 is 2.77 bits per heavy atom. The minimum absolute atomic E-state index is 0.293. The lowest BCUT2D eigenvalue weighted by Gasteiger charge is -2.14. The van der Waals surface area contributed by atoms with E-state index >= 15 is 0 Å². The molecule has 6 heteroatoms. The number of nitrogens with one attached hydrogen (secondary N) is 1. The molecule has 2 aromatic rings. The summed E-state index contributed by atoms with van der Waals surface area (Å²) in [5.41, 5.74) is 1.74. The smallest absolute Gasteiger partial charge is 0.340 e. The van der Waals surface area contributed by atoms with Gasteiger partial charge in [0, 0.05) is 23.1 Å². The molecule has 0 radical (unpaired) electrons. The number of carbonyl (C=O) groups is 2. The lowest BCUT2D eigenvalue weighted by Crippen LogP contribution is -2.30. The molecule has 1 aromatic heterocycles. The molecule has 0 aliphatic rings. The van der Waals surface area contributed by atoms with Gasteiger partial charge in [-0.2, -0.15) is 0 Å². The first-order valence-electron chi connectivity index (χ1n) is 6.65. The predicted molar refractivity (Wildman–Crippen MR) is 83.9 cm³/mol. The molecule has 0 saturated carbocycles. The van der Waals surface area contributed by atoms with Crippen LogP contribution >= 0.6 is 11.6 Å². The summed E-state index contributed by atoms with van der Waals surface area (Å²) in [6.07, 6.45) is 1.99. The highest BCUT2D eigenvalue weighted by molar-refractivity contribution is 6.31. The van der Waals surface area contributed by atoms with Gasteiger partial charge in [-0.1, -0.05) is 17.7 Å². The summed E-state index contributed by atoms with van der Waals surface area (Å²) in [6, 6.07) is 8.37. The van der Waals surface area contributed by atoms with E-state index in [-0.39, 0.29) is 0 Å². The van der Waals surface area contributed by atoms with Crippen LogP contribution in [0.3, 0.4) is 0 Å². The molecule has 1 heterocycles. The van der Waals surface area contributed by atoms with Crippen LogP contribution in [0, 0.1) is 6.92 Å². The number of carbonyl (C=O) groups excluding carboxylic acids is 2. The number of hydrogen-bond acceptors (Lipinski definition) is 4. The van der Waals surface area contributed by atoms with E-state index in [9.17, 15) is 9.59 Å². The summed E-state index contributed by atoms with van der Waals surface area (Å²) in [5, 5.41) is 3.21. The number of benzene rings is 1. The number of esters is 1. The van der Waals surface area contributed by atoms with Gasteiger partial charge in [-0.15, -0.1) is 0 Å². The molecule has 1 amide bonds. The van der Waals surface area contributed by atoms with Crippen LogP contribution in [-0.2, 0) is 9.53 Å². The SMILES string of the molecule is Cc1ccc(Cl)cc1NC(=O)C(C)OC(=O)c1cccnc1. The van der Waals surface area contributed by atoms with E-state index < -0.39 is 18.0 Å². The van der Waals surface area contributed by atoms with Gasteiger partial charge in [-0.3, -0.25) is 9.78 Å². The Balaban J connectivity index is 2.00. The van der Waals surface area contributed by atoms with E-state index in [0.29, 0.717) is 16.3 Å². The highest BCUT2D eigenvalue weighted by atomic mass is 35.5. The van der Waals surface area contributed by atoms with Crippen LogP contribution < -0.4 is 5.32 Å². The van der Waals surface area contributed by atoms with Crippen molar-refractivity contribution in [2.45, 2.75) is 20.0 Å². The number of rotatable bonds is 4. The van der Waals surface area contributed by atoms with E-state index in [2.05, 4.69) is 10.3 Å². The minimum atomic E-state index is -0.939. The van der Waals surface area contributed by atoms with Gasteiger partial charge in [0.05, 0.1) is 5.56 Å². The first-order valence-corrected chi connectivity index (χ1v) is 7.03. The zero-order valence-electron chi connectivity index (χ0n) is 12.2. The maximum Gasteiger partial charge on any atom is 0.340 e. The largest absolute Gasteiger partial charge is 0.449 e. The number of pyridine rings is 1. The number of aromatic nitrogens is 1. The summed E-state index contributed by atoms with van der Waals surface area (Å²) >= 11 is 5.90.